The summed E-state index contributed by atoms with van der Waals surface area (Å²) in [6, 6.07) is 2.55. The van der Waals surface area contributed by atoms with Crippen LogP contribution in [0.1, 0.15) is 6.92 Å². The van der Waals surface area contributed by atoms with Crippen LogP contribution in [0, 0.1) is 0 Å². The number of hydrogen-bond acceptors (Lipinski definition) is 8. The Bertz CT molecular complexity index is 914. The Balaban J connectivity index is 2.49. The van der Waals surface area contributed by atoms with E-state index in [9.17, 15) is 31.8 Å². The molecule has 0 radical (unpaired) electrons. The third-order valence-electron chi connectivity index (χ3n) is 4.07. The summed E-state index contributed by atoms with van der Waals surface area (Å²) in [6.45, 7) is 0.302. The van der Waals surface area contributed by atoms with E-state index in [2.05, 4.69) is 5.32 Å². The van der Waals surface area contributed by atoms with Gasteiger partial charge in [0.2, 0.25) is 15.9 Å². The first-order chi connectivity index (χ1) is 12.5. The highest BCUT2D eigenvalue weighted by Crippen LogP contribution is 2.31. The lowest BCUT2D eigenvalue weighted by atomic mass is 10.2. The minimum Gasteiger partial charge on any atom is -0.495 e. The summed E-state index contributed by atoms with van der Waals surface area (Å²) < 4.78 is 55.5. The summed E-state index contributed by atoms with van der Waals surface area (Å²) in [7, 11) is -6.52. The molecular weight excluding hydrogens is 400 g/mol. The van der Waals surface area contributed by atoms with Gasteiger partial charge in [-0.1, -0.05) is 0 Å². The first-order valence-corrected chi connectivity index (χ1v) is 11.2. The standard InChI is InChI=1S/C15H22N2O8S2/c1-10(19)16-12-7-11(3-4-15(12)25-2)27(23,24)17(5-6-18)13-8-26(21,22)9-14(13)20/h3-4,7,13-14,18,20H,5-6,8-9H2,1-2H3,(H,16,19)/t13-,14-/m0/s1. The van der Waals surface area contributed by atoms with E-state index in [1.54, 1.807) is 0 Å². The number of methoxy groups -OCH3 is 1. The van der Waals surface area contributed by atoms with Crippen molar-refractivity contribution >= 4 is 31.5 Å². The van der Waals surface area contributed by atoms with E-state index < -0.39 is 56.0 Å². The number of sulfone groups is 1. The molecule has 0 bridgehead atoms. The van der Waals surface area contributed by atoms with Crippen molar-refractivity contribution in [2.75, 3.05) is 37.1 Å². The Hall–Kier alpha value is -1.73. The molecular formula is C15H22N2O8S2. The van der Waals surface area contributed by atoms with Crippen LogP contribution in [0.4, 0.5) is 5.69 Å². The molecule has 1 aromatic carbocycles. The lowest BCUT2D eigenvalue weighted by Gasteiger charge is -2.29. The maximum atomic E-state index is 13.1. The molecule has 10 nitrogen and oxygen atoms in total. The first kappa shape index (κ1) is 21.6. The molecule has 27 heavy (non-hydrogen) atoms. The van der Waals surface area contributed by atoms with Crippen molar-refractivity contribution in [2.45, 2.75) is 24.0 Å². The minimum atomic E-state index is -4.27. The van der Waals surface area contributed by atoms with Crippen molar-refractivity contribution in [2.24, 2.45) is 0 Å². The van der Waals surface area contributed by atoms with Crippen LogP contribution in [0.25, 0.3) is 0 Å². The lowest BCUT2D eigenvalue weighted by molar-refractivity contribution is -0.114. The molecule has 1 aromatic rings. The largest absolute Gasteiger partial charge is 0.495 e. The summed E-state index contributed by atoms with van der Waals surface area (Å²) in [4.78, 5) is 11.1. The molecule has 2 atom stereocenters. The number of anilines is 1. The van der Waals surface area contributed by atoms with Crippen molar-refractivity contribution in [1.82, 2.24) is 4.31 Å². The van der Waals surface area contributed by atoms with Crippen LogP contribution in [-0.2, 0) is 24.7 Å². The van der Waals surface area contributed by atoms with Gasteiger partial charge in [-0.05, 0) is 18.2 Å². The van der Waals surface area contributed by atoms with Gasteiger partial charge in [0.1, 0.15) is 5.75 Å². The van der Waals surface area contributed by atoms with E-state index >= 15 is 0 Å². The Kier molecular flexibility index (Phi) is 6.47. The zero-order valence-corrected chi connectivity index (χ0v) is 16.5. The monoisotopic (exact) mass is 422 g/mol. The Morgan fingerprint density at radius 2 is 2.04 bits per heavy atom. The molecule has 1 aliphatic rings. The maximum absolute atomic E-state index is 13.1. The SMILES string of the molecule is COc1ccc(S(=O)(=O)N(CCO)[C@H]2CS(=O)(=O)C[C@@H]2O)cc1NC(C)=O. The molecule has 3 N–H and O–H groups in total. The number of sulfonamides is 1. The second-order valence-electron chi connectivity index (χ2n) is 6.09. The predicted octanol–water partition coefficient (Wildman–Crippen LogP) is -1.21. The van der Waals surface area contributed by atoms with Gasteiger partial charge in [-0.3, -0.25) is 4.79 Å². The van der Waals surface area contributed by atoms with Crippen molar-refractivity contribution in [1.29, 1.82) is 0 Å². The third-order valence-corrected chi connectivity index (χ3v) is 7.69. The molecule has 0 spiro atoms. The van der Waals surface area contributed by atoms with Crippen LogP contribution < -0.4 is 10.1 Å². The van der Waals surface area contributed by atoms with Crippen molar-refractivity contribution in [3.63, 3.8) is 0 Å². The normalized spacial score (nSPS) is 22.0. The molecule has 1 aliphatic heterocycles. The van der Waals surface area contributed by atoms with E-state index in [4.69, 9.17) is 4.74 Å². The molecule has 1 amide bonds. The van der Waals surface area contributed by atoms with Gasteiger partial charge in [0, 0.05) is 13.5 Å². The summed E-state index contributed by atoms with van der Waals surface area (Å²) in [6.07, 6.45) is -1.40. The zero-order valence-electron chi connectivity index (χ0n) is 14.8. The van der Waals surface area contributed by atoms with E-state index in [0.29, 0.717) is 0 Å². The predicted molar refractivity (Wildman–Crippen MR) is 96.7 cm³/mol. The summed E-state index contributed by atoms with van der Waals surface area (Å²) >= 11 is 0. The zero-order chi connectivity index (χ0) is 20.4. The Morgan fingerprint density at radius 1 is 1.37 bits per heavy atom. The van der Waals surface area contributed by atoms with Gasteiger partial charge in [-0.25, -0.2) is 16.8 Å². The minimum absolute atomic E-state index is 0.120. The number of amides is 1. The third kappa shape index (κ3) is 4.76. The van der Waals surface area contributed by atoms with Crippen molar-refractivity contribution < 1.29 is 36.6 Å². The second-order valence-corrected chi connectivity index (χ2v) is 10.1. The maximum Gasteiger partial charge on any atom is 0.243 e. The number of aliphatic hydroxyl groups is 2. The molecule has 2 rings (SSSR count). The molecule has 12 heteroatoms. The number of nitrogens with one attached hydrogen (secondary N) is 1. The number of benzene rings is 1. The van der Waals surface area contributed by atoms with E-state index in [0.717, 1.165) is 4.31 Å². The molecule has 1 fully saturated rings. The van der Waals surface area contributed by atoms with Crippen LogP contribution in [0.5, 0.6) is 5.75 Å². The number of carbonyl (C=O) groups is 1. The summed E-state index contributed by atoms with van der Waals surface area (Å²) in [5, 5.41) is 21.8. The highest BCUT2D eigenvalue weighted by atomic mass is 32.2. The number of nitrogens with zero attached hydrogens (tertiary/aromatic N) is 1. The highest BCUT2D eigenvalue weighted by Gasteiger charge is 2.44. The van der Waals surface area contributed by atoms with E-state index in [1.807, 2.05) is 0 Å². The second kappa shape index (κ2) is 8.10. The van der Waals surface area contributed by atoms with Gasteiger partial charge < -0.3 is 20.3 Å². The quantitative estimate of drug-likeness (QED) is 0.496. The fraction of sp³-hybridized carbons (Fsp3) is 0.533. The average Bonchev–Trinajstić information content (AvgIpc) is 2.84. The average molecular weight is 422 g/mol. The van der Waals surface area contributed by atoms with Gasteiger partial charge in [-0.2, -0.15) is 4.31 Å². The molecule has 0 saturated carbocycles. The topological polar surface area (TPSA) is 150 Å². The van der Waals surface area contributed by atoms with Crippen LogP contribution in [-0.4, -0.2) is 81.2 Å². The van der Waals surface area contributed by atoms with Gasteiger partial charge in [-0.15, -0.1) is 0 Å². The molecule has 0 aromatic heterocycles. The molecule has 0 unspecified atom stereocenters. The fourth-order valence-corrected chi connectivity index (χ4v) is 6.49. The fourth-order valence-electron chi connectivity index (χ4n) is 2.92. The van der Waals surface area contributed by atoms with Gasteiger partial charge in [0.15, 0.2) is 9.84 Å². The Morgan fingerprint density at radius 3 is 2.52 bits per heavy atom. The van der Waals surface area contributed by atoms with Gasteiger partial charge in [0.05, 0.1) is 48.0 Å². The molecule has 0 aliphatic carbocycles. The smallest absolute Gasteiger partial charge is 0.243 e. The van der Waals surface area contributed by atoms with Crippen molar-refractivity contribution in [3.05, 3.63) is 18.2 Å². The summed E-state index contributed by atoms with van der Waals surface area (Å²) in [5.41, 5.74) is 0.120. The number of aliphatic hydroxyl groups excluding tert-OH is 2. The van der Waals surface area contributed by atoms with Gasteiger partial charge >= 0.3 is 0 Å². The number of ether oxygens (including phenoxy) is 1. The van der Waals surface area contributed by atoms with E-state index in [-0.39, 0.29) is 22.9 Å². The highest BCUT2D eigenvalue weighted by molar-refractivity contribution is 7.92. The molecule has 1 heterocycles. The van der Waals surface area contributed by atoms with Crippen LogP contribution in [0.2, 0.25) is 0 Å². The lowest BCUT2D eigenvalue weighted by Crippen LogP contribution is -2.47. The van der Waals surface area contributed by atoms with E-state index in [1.165, 1.54) is 32.2 Å². The number of carbonyl (C=O) groups excluding carboxylic acids is 1. The number of rotatable bonds is 7. The van der Waals surface area contributed by atoms with Gasteiger partial charge in [0.25, 0.3) is 0 Å². The van der Waals surface area contributed by atoms with Crippen LogP contribution in [0.3, 0.4) is 0 Å². The number of hydrogen-bond donors (Lipinski definition) is 3. The Labute approximate surface area is 157 Å². The summed E-state index contributed by atoms with van der Waals surface area (Å²) in [5.74, 6) is -1.29. The van der Waals surface area contributed by atoms with Crippen LogP contribution in [0.15, 0.2) is 23.1 Å². The first-order valence-electron chi connectivity index (χ1n) is 7.98. The molecule has 152 valence electrons. The molecule has 1 saturated heterocycles. The van der Waals surface area contributed by atoms with Crippen molar-refractivity contribution in [3.8, 4) is 5.75 Å². The van der Waals surface area contributed by atoms with Crippen LogP contribution >= 0.6 is 0 Å².